The van der Waals surface area contributed by atoms with Crippen molar-refractivity contribution in [3.05, 3.63) is 89.9 Å². The smallest absolute Gasteiger partial charge is 0.290 e. The lowest BCUT2D eigenvalue weighted by molar-refractivity contribution is -0.137. The van der Waals surface area contributed by atoms with Gasteiger partial charge in [0.25, 0.3) is 5.91 Å². The first-order valence-electron chi connectivity index (χ1n) is 10.7. The number of hydrogen-bond donors (Lipinski definition) is 0. The van der Waals surface area contributed by atoms with E-state index in [2.05, 4.69) is 23.1 Å². The minimum Gasteiger partial charge on any atom is -0.459 e. The second-order valence-corrected chi connectivity index (χ2v) is 8.05. The number of para-hydroxylation sites is 1. The molecule has 0 bridgehead atoms. The molecule has 0 unspecified atom stereocenters. The number of rotatable bonds is 3. The van der Waals surface area contributed by atoms with Gasteiger partial charge in [-0.1, -0.05) is 42.5 Å². The zero-order valence-corrected chi connectivity index (χ0v) is 17.3. The largest absolute Gasteiger partial charge is 0.459 e. The second-order valence-electron chi connectivity index (χ2n) is 8.05. The maximum atomic E-state index is 13.6. The molecule has 2 aromatic carbocycles. The quantitative estimate of drug-likeness (QED) is 0.659. The molecule has 3 aromatic rings. The molecule has 6 nitrogen and oxygen atoms in total. The molecule has 0 radical (unpaired) electrons. The van der Waals surface area contributed by atoms with Crippen molar-refractivity contribution in [1.82, 2.24) is 9.80 Å². The van der Waals surface area contributed by atoms with E-state index in [1.807, 2.05) is 41.3 Å². The van der Waals surface area contributed by atoms with Crippen LogP contribution in [0.2, 0.25) is 0 Å². The summed E-state index contributed by atoms with van der Waals surface area (Å²) in [6.07, 6.45) is 2.02. The normalized spacial score (nSPS) is 18.6. The van der Waals surface area contributed by atoms with Gasteiger partial charge in [-0.2, -0.15) is 0 Å². The maximum Gasteiger partial charge on any atom is 0.290 e. The van der Waals surface area contributed by atoms with E-state index < -0.39 is 6.04 Å². The first-order chi connectivity index (χ1) is 15.2. The van der Waals surface area contributed by atoms with E-state index in [9.17, 15) is 9.59 Å². The highest BCUT2D eigenvalue weighted by molar-refractivity contribution is 5.96. The minimum atomic E-state index is -0.518. The molecule has 158 valence electrons. The van der Waals surface area contributed by atoms with E-state index in [1.165, 1.54) is 12.0 Å². The van der Waals surface area contributed by atoms with Gasteiger partial charge in [-0.15, -0.1) is 0 Å². The van der Waals surface area contributed by atoms with Crippen molar-refractivity contribution in [3.8, 4) is 0 Å². The summed E-state index contributed by atoms with van der Waals surface area (Å²) in [4.78, 5) is 32.6. The highest BCUT2D eigenvalue weighted by Crippen LogP contribution is 2.27. The number of nitrogens with zero attached hydrogens (tertiary/aromatic N) is 3. The van der Waals surface area contributed by atoms with Crippen molar-refractivity contribution < 1.29 is 14.0 Å². The van der Waals surface area contributed by atoms with Gasteiger partial charge in [-0.05, 0) is 35.4 Å². The van der Waals surface area contributed by atoms with Crippen LogP contribution in [0.5, 0.6) is 0 Å². The van der Waals surface area contributed by atoms with Gasteiger partial charge in [-0.3, -0.25) is 9.59 Å². The van der Waals surface area contributed by atoms with Gasteiger partial charge in [0.15, 0.2) is 5.76 Å². The van der Waals surface area contributed by atoms with Crippen LogP contribution >= 0.6 is 0 Å². The van der Waals surface area contributed by atoms with Crippen molar-refractivity contribution >= 4 is 17.5 Å². The van der Waals surface area contributed by atoms with Gasteiger partial charge in [0.2, 0.25) is 5.91 Å². The Morgan fingerprint density at radius 2 is 1.52 bits per heavy atom. The molecule has 5 rings (SSSR count). The number of hydrogen-bond acceptors (Lipinski definition) is 4. The molecule has 1 atom stereocenters. The van der Waals surface area contributed by atoms with Crippen LogP contribution in [0.15, 0.2) is 77.4 Å². The summed E-state index contributed by atoms with van der Waals surface area (Å²) in [6, 6.07) is 21.1. The predicted molar refractivity (Wildman–Crippen MR) is 118 cm³/mol. The number of amides is 2. The zero-order chi connectivity index (χ0) is 21.2. The van der Waals surface area contributed by atoms with Crippen LogP contribution in [0.4, 0.5) is 5.69 Å². The van der Waals surface area contributed by atoms with Crippen molar-refractivity contribution in [2.45, 2.75) is 19.0 Å². The first-order valence-corrected chi connectivity index (χ1v) is 10.7. The van der Waals surface area contributed by atoms with Crippen molar-refractivity contribution in [3.63, 3.8) is 0 Å². The van der Waals surface area contributed by atoms with E-state index in [0.717, 1.165) is 24.2 Å². The number of anilines is 1. The molecule has 0 aliphatic carbocycles. The molecular formula is C25H25N3O3. The van der Waals surface area contributed by atoms with E-state index in [-0.39, 0.29) is 17.6 Å². The van der Waals surface area contributed by atoms with Crippen LogP contribution in [0, 0.1) is 0 Å². The number of carbonyl (C=O) groups is 2. The molecular weight excluding hydrogens is 390 g/mol. The van der Waals surface area contributed by atoms with Gasteiger partial charge in [0, 0.05) is 44.8 Å². The fourth-order valence-electron chi connectivity index (χ4n) is 4.53. The van der Waals surface area contributed by atoms with Gasteiger partial charge in [0.05, 0.1) is 6.26 Å². The fraction of sp³-hybridized carbons (Fsp3) is 0.280. The number of piperazine rings is 1. The van der Waals surface area contributed by atoms with E-state index in [0.29, 0.717) is 26.1 Å². The highest BCUT2D eigenvalue weighted by atomic mass is 16.3. The topological polar surface area (TPSA) is 57.0 Å². The summed E-state index contributed by atoms with van der Waals surface area (Å²) in [5.41, 5.74) is 3.39. The average molecular weight is 415 g/mol. The van der Waals surface area contributed by atoms with E-state index in [1.54, 1.807) is 17.0 Å². The van der Waals surface area contributed by atoms with Crippen molar-refractivity contribution in [2.24, 2.45) is 0 Å². The summed E-state index contributed by atoms with van der Waals surface area (Å²) < 4.78 is 5.35. The van der Waals surface area contributed by atoms with Crippen LogP contribution in [0.3, 0.4) is 0 Å². The lowest BCUT2D eigenvalue weighted by Gasteiger charge is -2.41. The monoisotopic (exact) mass is 415 g/mol. The molecule has 3 heterocycles. The minimum absolute atomic E-state index is 0.0159. The summed E-state index contributed by atoms with van der Waals surface area (Å²) in [7, 11) is 0. The average Bonchev–Trinajstić information content (AvgIpc) is 3.38. The summed E-state index contributed by atoms with van der Waals surface area (Å²) >= 11 is 0. The summed E-state index contributed by atoms with van der Waals surface area (Å²) in [5.74, 6) is 0.0500. The zero-order valence-electron chi connectivity index (χ0n) is 17.3. The number of furan rings is 1. The molecule has 2 aliphatic heterocycles. The van der Waals surface area contributed by atoms with Gasteiger partial charge >= 0.3 is 0 Å². The molecule has 1 aromatic heterocycles. The number of carbonyl (C=O) groups excluding carboxylic acids is 2. The van der Waals surface area contributed by atoms with Crippen LogP contribution < -0.4 is 4.90 Å². The van der Waals surface area contributed by atoms with Gasteiger partial charge < -0.3 is 19.1 Å². The molecule has 2 amide bonds. The summed E-state index contributed by atoms with van der Waals surface area (Å²) in [5, 5.41) is 0. The Labute approximate surface area is 181 Å². The second kappa shape index (κ2) is 8.30. The number of fused-ring (bicyclic) bond motifs is 1. The molecule has 6 heteroatoms. The van der Waals surface area contributed by atoms with E-state index >= 15 is 0 Å². The third-order valence-electron chi connectivity index (χ3n) is 6.24. The summed E-state index contributed by atoms with van der Waals surface area (Å²) in [6.45, 7) is 3.27. The lowest BCUT2D eigenvalue weighted by Crippen LogP contribution is -2.57. The Kier molecular flexibility index (Phi) is 5.20. The molecule has 31 heavy (non-hydrogen) atoms. The standard InChI is InChI=1S/C25H25N3O3/c29-24(27-14-12-26(13-15-27)21-9-2-1-3-10-21)22-17-19-7-4-5-8-20(19)18-28(22)25(30)23-11-6-16-31-23/h1-11,16,22H,12-15,17-18H2/t22-/m1/s1. The van der Waals surface area contributed by atoms with Crippen LogP contribution in [-0.2, 0) is 17.8 Å². The molecule has 2 aliphatic rings. The molecule has 1 fully saturated rings. The van der Waals surface area contributed by atoms with Crippen LogP contribution in [0.25, 0.3) is 0 Å². The Balaban J connectivity index is 1.35. The van der Waals surface area contributed by atoms with Crippen LogP contribution in [0.1, 0.15) is 21.7 Å². The van der Waals surface area contributed by atoms with Crippen molar-refractivity contribution in [1.29, 1.82) is 0 Å². The lowest BCUT2D eigenvalue weighted by atomic mass is 9.92. The van der Waals surface area contributed by atoms with E-state index in [4.69, 9.17) is 4.42 Å². The molecule has 0 saturated carbocycles. The maximum absolute atomic E-state index is 13.6. The van der Waals surface area contributed by atoms with Gasteiger partial charge in [0.1, 0.15) is 6.04 Å². The SMILES string of the molecule is O=C([C@H]1Cc2ccccc2CN1C(=O)c1ccco1)N1CCN(c2ccccc2)CC1. The molecule has 0 spiro atoms. The third kappa shape index (κ3) is 3.81. The Hall–Kier alpha value is -3.54. The third-order valence-corrected chi connectivity index (χ3v) is 6.24. The Bertz CT molecular complexity index is 1060. The first kappa shape index (κ1) is 19.4. The van der Waals surface area contributed by atoms with Crippen molar-refractivity contribution in [2.75, 3.05) is 31.1 Å². The highest BCUT2D eigenvalue weighted by Gasteiger charge is 2.38. The Morgan fingerprint density at radius 3 is 2.23 bits per heavy atom. The molecule has 0 N–H and O–H groups in total. The number of benzene rings is 2. The fourth-order valence-corrected chi connectivity index (χ4v) is 4.53. The predicted octanol–water partition coefficient (Wildman–Crippen LogP) is 3.20. The van der Waals surface area contributed by atoms with Gasteiger partial charge in [-0.25, -0.2) is 0 Å². The molecule has 1 saturated heterocycles. The Morgan fingerprint density at radius 1 is 0.806 bits per heavy atom. The van der Waals surface area contributed by atoms with Crippen LogP contribution in [-0.4, -0.2) is 53.8 Å².